The standard InChI is InChI=1S/C21H23ClN4O2.ClH/c1-12(2)19-18-16(9-13(3)24-20(18)28-25-19)21(27)26-8-7-23-11-17(26)14-5-4-6-15(22)10-14;/h4-6,9-10,12,17,23H,7-8,11H2,1-3H3;1H. The van der Waals surface area contributed by atoms with E-state index in [2.05, 4.69) is 15.5 Å². The first-order chi connectivity index (χ1) is 13.5. The molecule has 0 saturated carbocycles. The van der Waals surface area contributed by atoms with E-state index in [0.29, 0.717) is 34.8 Å². The van der Waals surface area contributed by atoms with Crippen molar-refractivity contribution in [1.29, 1.82) is 0 Å². The van der Waals surface area contributed by atoms with Crippen LogP contribution in [0.2, 0.25) is 5.02 Å². The molecule has 1 aliphatic rings. The maximum Gasteiger partial charge on any atom is 0.259 e. The third-order valence-electron chi connectivity index (χ3n) is 5.12. The molecule has 2 aromatic heterocycles. The van der Waals surface area contributed by atoms with Crippen molar-refractivity contribution in [2.24, 2.45) is 0 Å². The van der Waals surface area contributed by atoms with Crippen molar-refractivity contribution in [3.63, 3.8) is 0 Å². The predicted molar refractivity (Wildman–Crippen MR) is 116 cm³/mol. The fraction of sp³-hybridized carbons (Fsp3) is 0.381. The van der Waals surface area contributed by atoms with E-state index in [0.717, 1.165) is 23.5 Å². The lowest BCUT2D eigenvalue weighted by Crippen LogP contribution is -2.48. The normalized spacial score (nSPS) is 16.9. The number of hydrogen-bond acceptors (Lipinski definition) is 5. The average molecular weight is 435 g/mol. The number of halogens is 2. The summed E-state index contributed by atoms with van der Waals surface area (Å²) in [6, 6.07) is 9.44. The van der Waals surface area contributed by atoms with Crippen LogP contribution in [0.1, 0.15) is 53.1 Å². The first-order valence-corrected chi connectivity index (χ1v) is 9.87. The molecule has 1 aromatic carbocycles. The molecule has 1 amide bonds. The van der Waals surface area contributed by atoms with Crippen molar-refractivity contribution in [3.05, 3.63) is 57.9 Å². The summed E-state index contributed by atoms with van der Waals surface area (Å²) < 4.78 is 5.43. The van der Waals surface area contributed by atoms with Gasteiger partial charge in [0.1, 0.15) is 0 Å². The summed E-state index contributed by atoms with van der Waals surface area (Å²) in [5, 5.41) is 8.94. The van der Waals surface area contributed by atoms with Crippen molar-refractivity contribution in [2.45, 2.75) is 32.7 Å². The Hall–Kier alpha value is -2.15. The van der Waals surface area contributed by atoms with Gasteiger partial charge >= 0.3 is 0 Å². The molecule has 1 fully saturated rings. The Labute approximate surface area is 181 Å². The minimum Gasteiger partial charge on any atom is -0.335 e. The van der Waals surface area contributed by atoms with Crippen LogP contribution in [-0.2, 0) is 0 Å². The number of nitrogens with one attached hydrogen (secondary N) is 1. The van der Waals surface area contributed by atoms with Crippen LogP contribution in [0.15, 0.2) is 34.9 Å². The summed E-state index contributed by atoms with van der Waals surface area (Å²) in [4.78, 5) is 20.0. The molecule has 0 bridgehead atoms. The monoisotopic (exact) mass is 434 g/mol. The third kappa shape index (κ3) is 4.10. The van der Waals surface area contributed by atoms with E-state index in [1.54, 1.807) is 0 Å². The lowest BCUT2D eigenvalue weighted by Gasteiger charge is -2.37. The Bertz CT molecular complexity index is 1030. The number of carbonyl (C=O) groups is 1. The lowest BCUT2D eigenvalue weighted by molar-refractivity contribution is 0.0636. The van der Waals surface area contributed by atoms with E-state index in [4.69, 9.17) is 16.1 Å². The topological polar surface area (TPSA) is 71.3 Å². The summed E-state index contributed by atoms with van der Waals surface area (Å²) in [5.41, 5.74) is 3.53. The quantitative estimate of drug-likeness (QED) is 0.655. The number of nitrogens with zero attached hydrogens (tertiary/aromatic N) is 3. The molecule has 29 heavy (non-hydrogen) atoms. The lowest BCUT2D eigenvalue weighted by atomic mass is 9.99. The smallest absolute Gasteiger partial charge is 0.259 e. The molecule has 3 aromatic rings. The summed E-state index contributed by atoms with van der Waals surface area (Å²) in [5.74, 6) is 0.0936. The molecular formula is C21H24Cl2N4O2. The molecule has 4 rings (SSSR count). The highest BCUT2D eigenvalue weighted by Crippen LogP contribution is 2.31. The number of amides is 1. The first kappa shape index (κ1) is 21.6. The molecular weight excluding hydrogens is 411 g/mol. The maximum absolute atomic E-state index is 13.7. The number of carbonyl (C=O) groups excluding carboxylic acids is 1. The van der Waals surface area contributed by atoms with Crippen LogP contribution in [0, 0.1) is 6.92 Å². The SMILES string of the molecule is Cc1cc(C(=O)N2CCNCC2c2cccc(Cl)c2)c2c(C(C)C)noc2n1.Cl. The first-order valence-electron chi connectivity index (χ1n) is 9.49. The molecule has 1 unspecified atom stereocenters. The number of aryl methyl sites for hydroxylation is 1. The number of benzene rings is 1. The van der Waals surface area contributed by atoms with Gasteiger partial charge in [0.25, 0.3) is 11.6 Å². The van der Waals surface area contributed by atoms with Crippen molar-refractivity contribution >= 4 is 41.0 Å². The highest BCUT2D eigenvalue weighted by Gasteiger charge is 2.31. The Morgan fingerprint density at radius 1 is 1.34 bits per heavy atom. The zero-order valence-electron chi connectivity index (χ0n) is 16.6. The minimum absolute atomic E-state index is 0. The zero-order valence-corrected chi connectivity index (χ0v) is 18.2. The van der Waals surface area contributed by atoms with Crippen molar-refractivity contribution < 1.29 is 9.32 Å². The van der Waals surface area contributed by atoms with Crippen LogP contribution < -0.4 is 5.32 Å². The van der Waals surface area contributed by atoms with Gasteiger partial charge in [-0.05, 0) is 36.6 Å². The van der Waals surface area contributed by atoms with Crippen LogP contribution in [0.5, 0.6) is 0 Å². The molecule has 6 nitrogen and oxygen atoms in total. The molecule has 1 atom stereocenters. The number of hydrogen-bond donors (Lipinski definition) is 1. The molecule has 1 N–H and O–H groups in total. The van der Waals surface area contributed by atoms with Gasteiger partial charge in [-0.2, -0.15) is 0 Å². The maximum atomic E-state index is 13.7. The van der Waals surface area contributed by atoms with E-state index in [1.807, 2.05) is 56.0 Å². The largest absolute Gasteiger partial charge is 0.335 e. The van der Waals surface area contributed by atoms with E-state index in [-0.39, 0.29) is 30.3 Å². The number of fused-ring (bicyclic) bond motifs is 1. The summed E-state index contributed by atoms with van der Waals surface area (Å²) in [6.45, 7) is 7.97. The van der Waals surface area contributed by atoms with Crippen LogP contribution in [-0.4, -0.2) is 40.6 Å². The molecule has 0 spiro atoms. The summed E-state index contributed by atoms with van der Waals surface area (Å²) in [7, 11) is 0. The molecule has 1 saturated heterocycles. The van der Waals surface area contributed by atoms with Gasteiger partial charge < -0.3 is 14.7 Å². The Morgan fingerprint density at radius 3 is 2.86 bits per heavy atom. The van der Waals surface area contributed by atoms with Crippen LogP contribution in [0.3, 0.4) is 0 Å². The van der Waals surface area contributed by atoms with Gasteiger partial charge in [-0.15, -0.1) is 12.4 Å². The Kier molecular flexibility index (Phi) is 6.46. The molecule has 0 radical (unpaired) electrons. The average Bonchev–Trinajstić information content (AvgIpc) is 3.11. The van der Waals surface area contributed by atoms with E-state index >= 15 is 0 Å². The highest BCUT2D eigenvalue weighted by molar-refractivity contribution is 6.30. The molecule has 154 valence electrons. The Morgan fingerprint density at radius 2 is 2.14 bits per heavy atom. The van der Waals surface area contributed by atoms with Gasteiger partial charge in [-0.1, -0.05) is 42.7 Å². The van der Waals surface area contributed by atoms with Crippen molar-refractivity contribution in [2.75, 3.05) is 19.6 Å². The highest BCUT2D eigenvalue weighted by atomic mass is 35.5. The Balaban J connectivity index is 0.00000240. The molecule has 1 aliphatic heterocycles. The molecule has 0 aliphatic carbocycles. The van der Waals surface area contributed by atoms with Gasteiger partial charge in [0.15, 0.2) is 0 Å². The second kappa shape index (κ2) is 8.69. The number of piperazine rings is 1. The van der Waals surface area contributed by atoms with E-state index in [1.165, 1.54) is 0 Å². The second-order valence-corrected chi connectivity index (χ2v) is 7.92. The van der Waals surface area contributed by atoms with Crippen LogP contribution in [0.4, 0.5) is 0 Å². The summed E-state index contributed by atoms with van der Waals surface area (Å²) in [6.07, 6.45) is 0. The fourth-order valence-electron chi connectivity index (χ4n) is 3.77. The number of rotatable bonds is 3. The van der Waals surface area contributed by atoms with Gasteiger partial charge in [-0.25, -0.2) is 4.98 Å². The fourth-order valence-corrected chi connectivity index (χ4v) is 3.97. The predicted octanol–water partition coefficient (Wildman–Crippen LogP) is 4.52. The van der Waals surface area contributed by atoms with Crippen LogP contribution >= 0.6 is 24.0 Å². The van der Waals surface area contributed by atoms with Crippen molar-refractivity contribution in [3.8, 4) is 0 Å². The van der Waals surface area contributed by atoms with Gasteiger partial charge in [0.05, 0.1) is 22.7 Å². The number of aromatic nitrogens is 2. The molecule has 3 heterocycles. The number of pyridine rings is 1. The molecule has 8 heteroatoms. The van der Waals surface area contributed by atoms with E-state index < -0.39 is 0 Å². The summed E-state index contributed by atoms with van der Waals surface area (Å²) >= 11 is 6.20. The van der Waals surface area contributed by atoms with E-state index in [9.17, 15) is 4.79 Å². The van der Waals surface area contributed by atoms with Gasteiger partial charge in [0.2, 0.25) is 0 Å². The van der Waals surface area contributed by atoms with Crippen LogP contribution in [0.25, 0.3) is 11.1 Å². The minimum atomic E-state index is -0.0918. The van der Waals surface area contributed by atoms with Gasteiger partial charge in [-0.3, -0.25) is 4.79 Å². The third-order valence-corrected chi connectivity index (χ3v) is 5.35. The second-order valence-electron chi connectivity index (χ2n) is 7.49. The zero-order chi connectivity index (χ0) is 19.8. The van der Waals surface area contributed by atoms with Crippen molar-refractivity contribution in [1.82, 2.24) is 20.4 Å². The van der Waals surface area contributed by atoms with Gasteiger partial charge in [0, 0.05) is 30.4 Å².